The summed E-state index contributed by atoms with van der Waals surface area (Å²) in [5.74, 6) is 1.05. The van der Waals surface area contributed by atoms with E-state index in [4.69, 9.17) is 9.47 Å². The Bertz CT molecular complexity index is 302. The minimum atomic E-state index is 0.0160. The van der Waals surface area contributed by atoms with E-state index in [0.29, 0.717) is 30.7 Å². The second-order valence-electron chi connectivity index (χ2n) is 6.30. The standard InChI is InChI=1S/C16H28O3/c1-4-6-11(3)13(5-2)16(17)18-10-12-7-8-14-15(9-12)19-14/h11-15H,4-10H2,1-3H3. The molecule has 3 heteroatoms. The van der Waals surface area contributed by atoms with Gasteiger partial charge >= 0.3 is 5.97 Å². The summed E-state index contributed by atoms with van der Waals surface area (Å²) in [5, 5.41) is 0. The summed E-state index contributed by atoms with van der Waals surface area (Å²) < 4.78 is 11.1. The Labute approximate surface area is 117 Å². The number of epoxide rings is 1. The maximum absolute atomic E-state index is 12.2. The second kappa shape index (κ2) is 6.74. The highest BCUT2D eigenvalue weighted by molar-refractivity contribution is 5.72. The van der Waals surface area contributed by atoms with Crippen molar-refractivity contribution in [2.45, 2.75) is 71.5 Å². The molecule has 1 aliphatic carbocycles. The molecule has 1 aliphatic heterocycles. The molecule has 0 bridgehead atoms. The Morgan fingerprint density at radius 2 is 2.11 bits per heavy atom. The zero-order valence-corrected chi connectivity index (χ0v) is 12.6. The summed E-state index contributed by atoms with van der Waals surface area (Å²) in [6, 6.07) is 0. The number of rotatable bonds is 7. The van der Waals surface area contributed by atoms with Gasteiger partial charge in [0.1, 0.15) is 0 Å². The minimum Gasteiger partial charge on any atom is -0.465 e. The Balaban J connectivity index is 1.72. The molecule has 0 aromatic rings. The smallest absolute Gasteiger partial charge is 0.309 e. The summed E-state index contributed by atoms with van der Waals surface area (Å²) in [5.41, 5.74) is 0. The first kappa shape index (κ1) is 14.8. The molecule has 2 aliphatic rings. The van der Waals surface area contributed by atoms with Crippen molar-refractivity contribution in [2.24, 2.45) is 17.8 Å². The van der Waals surface area contributed by atoms with Crippen LogP contribution in [0, 0.1) is 17.8 Å². The fourth-order valence-electron chi connectivity index (χ4n) is 3.40. The van der Waals surface area contributed by atoms with Crippen LogP contribution in [0.15, 0.2) is 0 Å². The van der Waals surface area contributed by atoms with E-state index in [2.05, 4.69) is 20.8 Å². The van der Waals surface area contributed by atoms with Gasteiger partial charge in [-0.3, -0.25) is 4.79 Å². The van der Waals surface area contributed by atoms with Crippen LogP contribution in [0.2, 0.25) is 0 Å². The highest BCUT2D eigenvalue weighted by Crippen LogP contribution is 2.39. The fraction of sp³-hybridized carbons (Fsp3) is 0.938. The molecule has 110 valence electrons. The quantitative estimate of drug-likeness (QED) is 0.523. The Kier molecular flexibility index (Phi) is 5.26. The Morgan fingerprint density at radius 1 is 1.32 bits per heavy atom. The molecule has 0 radical (unpaired) electrons. The molecule has 1 heterocycles. The molecule has 19 heavy (non-hydrogen) atoms. The number of fused-ring (bicyclic) bond motifs is 1. The third-order valence-corrected chi connectivity index (χ3v) is 4.75. The van der Waals surface area contributed by atoms with Gasteiger partial charge < -0.3 is 9.47 Å². The van der Waals surface area contributed by atoms with Gasteiger partial charge in [-0.05, 0) is 37.5 Å². The van der Waals surface area contributed by atoms with Gasteiger partial charge in [-0.15, -0.1) is 0 Å². The van der Waals surface area contributed by atoms with Crippen molar-refractivity contribution in [3.05, 3.63) is 0 Å². The van der Waals surface area contributed by atoms with E-state index in [1.165, 1.54) is 0 Å². The third kappa shape index (κ3) is 3.95. The van der Waals surface area contributed by atoms with Crippen molar-refractivity contribution in [1.29, 1.82) is 0 Å². The van der Waals surface area contributed by atoms with Crippen molar-refractivity contribution >= 4 is 5.97 Å². The highest BCUT2D eigenvalue weighted by atomic mass is 16.6. The average molecular weight is 268 g/mol. The summed E-state index contributed by atoms with van der Waals surface area (Å²) in [4.78, 5) is 12.2. The molecule has 0 spiro atoms. The topological polar surface area (TPSA) is 38.8 Å². The summed E-state index contributed by atoms with van der Waals surface area (Å²) in [6.45, 7) is 7.02. The van der Waals surface area contributed by atoms with Gasteiger partial charge in [0, 0.05) is 0 Å². The molecule has 0 aromatic heterocycles. The first-order chi connectivity index (χ1) is 9.15. The predicted molar refractivity (Wildman–Crippen MR) is 74.8 cm³/mol. The number of esters is 1. The van der Waals surface area contributed by atoms with Gasteiger partial charge in [-0.2, -0.15) is 0 Å². The van der Waals surface area contributed by atoms with E-state index in [1.54, 1.807) is 0 Å². The number of hydrogen-bond acceptors (Lipinski definition) is 3. The lowest BCUT2D eigenvalue weighted by molar-refractivity contribution is -0.152. The van der Waals surface area contributed by atoms with E-state index in [0.717, 1.165) is 38.5 Å². The predicted octanol–water partition coefficient (Wildman–Crippen LogP) is 3.56. The first-order valence-electron chi connectivity index (χ1n) is 7.97. The molecule has 2 rings (SSSR count). The molecule has 0 amide bonds. The van der Waals surface area contributed by atoms with Crippen LogP contribution in [0.3, 0.4) is 0 Å². The summed E-state index contributed by atoms with van der Waals surface area (Å²) >= 11 is 0. The minimum absolute atomic E-state index is 0.0160. The van der Waals surface area contributed by atoms with Crippen molar-refractivity contribution in [1.82, 2.24) is 0 Å². The van der Waals surface area contributed by atoms with Crippen molar-refractivity contribution in [3.63, 3.8) is 0 Å². The first-order valence-corrected chi connectivity index (χ1v) is 7.97. The average Bonchev–Trinajstić information content (AvgIpc) is 3.16. The maximum atomic E-state index is 12.2. The lowest BCUT2D eigenvalue weighted by Crippen LogP contribution is -2.27. The van der Waals surface area contributed by atoms with Crippen molar-refractivity contribution in [3.8, 4) is 0 Å². The van der Waals surface area contributed by atoms with Gasteiger partial charge in [0.15, 0.2) is 0 Å². The van der Waals surface area contributed by atoms with Gasteiger partial charge in [0.05, 0.1) is 24.7 Å². The summed E-state index contributed by atoms with van der Waals surface area (Å²) in [6.07, 6.45) is 7.50. The summed E-state index contributed by atoms with van der Waals surface area (Å²) in [7, 11) is 0. The van der Waals surface area contributed by atoms with Gasteiger partial charge in [-0.25, -0.2) is 0 Å². The molecule has 5 atom stereocenters. The zero-order chi connectivity index (χ0) is 13.8. The Morgan fingerprint density at radius 3 is 2.74 bits per heavy atom. The van der Waals surface area contributed by atoms with Crippen molar-refractivity contribution < 1.29 is 14.3 Å². The van der Waals surface area contributed by atoms with Crippen molar-refractivity contribution in [2.75, 3.05) is 6.61 Å². The monoisotopic (exact) mass is 268 g/mol. The third-order valence-electron chi connectivity index (χ3n) is 4.75. The number of carbonyl (C=O) groups excluding carboxylic acids is 1. The molecule has 2 fully saturated rings. The van der Waals surface area contributed by atoms with Crippen LogP contribution >= 0.6 is 0 Å². The van der Waals surface area contributed by atoms with E-state index in [-0.39, 0.29) is 11.9 Å². The Hall–Kier alpha value is -0.570. The normalized spacial score (nSPS) is 32.3. The SMILES string of the molecule is CCCC(C)C(CC)C(=O)OCC1CCC2OC2C1. The molecular formula is C16H28O3. The van der Waals surface area contributed by atoms with Gasteiger partial charge in [-0.1, -0.05) is 33.6 Å². The molecular weight excluding hydrogens is 240 g/mol. The van der Waals surface area contributed by atoms with E-state index in [9.17, 15) is 4.79 Å². The number of hydrogen-bond donors (Lipinski definition) is 0. The second-order valence-corrected chi connectivity index (χ2v) is 6.30. The van der Waals surface area contributed by atoms with Crippen LogP contribution in [-0.4, -0.2) is 24.8 Å². The lowest BCUT2D eigenvalue weighted by Gasteiger charge is -2.23. The van der Waals surface area contributed by atoms with E-state index >= 15 is 0 Å². The van der Waals surface area contributed by atoms with Gasteiger partial charge in [0.2, 0.25) is 0 Å². The molecule has 3 nitrogen and oxygen atoms in total. The number of carbonyl (C=O) groups is 1. The van der Waals surface area contributed by atoms with Crippen LogP contribution < -0.4 is 0 Å². The maximum Gasteiger partial charge on any atom is 0.309 e. The van der Waals surface area contributed by atoms with Crippen LogP contribution in [-0.2, 0) is 14.3 Å². The largest absolute Gasteiger partial charge is 0.465 e. The number of ether oxygens (including phenoxy) is 2. The van der Waals surface area contributed by atoms with Crippen LogP contribution in [0.1, 0.15) is 59.3 Å². The molecule has 0 aromatic carbocycles. The highest BCUT2D eigenvalue weighted by Gasteiger charge is 2.44. The molecule has 1 saturated heterocycles. The molecule has 0 N–H and O–H groups in total. The van der Waals surface area contributed by atoms with Crippen LogP contribution in [0.5, 0.6) is 0 Å². The fourth-order valence-corrected chi connectivity index (χ4v) is 3.40. The molecule has 1 saturated carbocycles. The van der Waals surface area contributed by atoms with Gasteiger partial charge in [0.25, 0.3) is 0 Å². The lowest BCUT2D eigenvalue weighted by atomic mass is 9.88. The zero-order valence-electron chi connectivity index (χ0n) is 12.6. The van der Waals surface area contributed by atoms with Crippen LogP contribution in [0.25, 0.3) is 0 Å². The molecule has 5 unspecified atom stereocenters. The van der Waals surface area contributed by atoms with Crippen LogP contribution in [0.4, 0.5) is 0 Å². The van der Waals surface area contributed by atoms with E-state index in [1.807, 2.05) is 0 Å². The van der Waals surface area contributed by atoms with E-state index < -0.39 is 0 Å².